The molecule has 3 aromatic rings. The van der Waals surface area contributed by atoms with Crippen LogP contribution < -0.4 is 9.47 Å². The molecular formula is C19H17NO2. The van der Waals surface area contributed by atoms with Crippen LogP contribution in [0, 0.1) is 6.92 Å². The van der Waals surface area contributed by atoms with Crippen molar-refractivity contribution in [3.8, 4) is 22.8 Å². The molecule has 110 valence electrons. The van der Waals surface area contributed by atoms with Crippen LogP contribution >= 0.6 is 0 Å². The summed E-state index contributed by atoms with van der Waals surface area (Å²) in [4.78, 5) is 4.84. The molecule has 22 heavy (non-hydrogen) atoms. The largest absolute Gasteiger partial charge is 0.454 e. The van der Waals surface area contributed by atoms with Crippen LogP contribution in [0.25, 0.3) is 22.2 Å². The van der Waals surface area contributed by atoms with Crippen molar-refractivity contribution >= 4 is 10.9 Å². The summed E-state index contributed by atoms with van der Waals surface area (Å²) < 4.78 is 10.8. The number of aromatic nitrogens is 1. The molecule has 0 spiro atoms. The van der Waals surface area contributed by atoms with E-state index < -0.39 is 0 Å². The third kappa shape index (κ3) is 2.10. The third-order valence-corrected chi connectivity index (χ3v) is 4.15. The van der Waals surface area contributed by atoms with E-state index >= 15 is 0 Å². The number of hydrogen-bond acceptors (Lipinski definition) is 3. The van der Waals surface area contributed by atoms with Gasteiger partial charge in [0.2, 0.25) is 6.79 Å². The normalized spacial score (nSPS) is 12.8. The van der Waals surface area contributed by atoms with E-state index in [1.807, 2.05) is 18.2 Å². The van der Waals surface area contributed by atoms with Gasteiger partial charge in [0.05, 0.1) is 11.2 Å². The Labute approximate surface area is 129 Å². The first-order valence-electron chi connectivity index (χ1n) is 7.55. The van der Waals surface area contributed by atoms with E-state index in [0.717, 1.165) is 34.7 Å². The summed E-state index contributed by atoms with van der Waals surface area (Å²) in [5, 5.41) is 1.21. The first-order valence-corrected chi connectivity index (χ1v) is 7.55. The fraction of sp³-hybridized carbons (Fsp3) is 0.211. The monoisotopic (exact) mass is 291 g/mol. The minimum Gasteiger partial charge on any atom is -0.454 e. The molecule has 0 radical (unpaired) electrons. The highest BCUT2D eigenvalue weighted by atomic mass is 16.7. The van der Waals surface area contributed by atoms with Crippen molar-refractivity contribution < 1.29 is 9.47 Å². The van der Waals surface area contributed by atoms with Crippen LogP contribution in [0.15, 0.2) is 42.5 Å². The molecule has 0 N–H and O–H groups in total. The Hall–Kier alpha value is -2.55. The summed E-state index contributed by atoms with van der Waals surface area (Å²) in [6, 6.07) is 14.6. The van der Waals surface area contributed by atoms with Crippen LogP contribution in [-0.2, 0) is 6.42 Å². The molecule has 3 heteroatoms. The molecule has 1 aliphatic heterocycles. The lowest BCUT2D eigenvalue weighted by Crippen LogP contribution is -1.93. The fourth-order valence-corrected chi connectivity index (χ4v) is 2.91. The van der Waals surface area contributed by atoms with Crippen molar-refractivity contribution in [2.75, 3.05) is 6.79 Å². The number of fused-ring (bicyclic) bond motifs is 2. The number of ether oxygens (including phenoxy) is 2. The zero-order valence-corrected chi connectivity index (χ0v) is 12.7. The van der Waals surface area contributed by atoms with E-state index in [4.69, 9.17) is 14.5 Å². The van der Waals surface area contributed by atoms with Crippen molar-refractivity contribution in [1.29, 1.82) is 0 Å². The van der Waals surface area contributed by atoms with Gasteiger partial charge in [0.1, 0.15) is 0 Å². The van der Waals surface area contributed by atoms with Crippen molar-refractivity contribution in [2.45, 2.75) is 20.3 Å². The molecule has 0 atom stereocenters. The van der Waals surface area contributed by atoms with Gasteiger partial charge in [0, 0.05) is 10.9 Å². The number of nitrogens with zero attached hydrogens (tertiary/aromatic N) is 1. The highest BCUT2D eigenvalue weighted by Crippen LogP contribution is 2.36. The van der Waals surface area contributed by atoms with E-state index in [9.17, 15) is 0 Å². The standard InChI is InChI=1S/C19H17NO2/c1-3-13-8-12(2)15-5-6-16(20-17(15)9-13)14-4-7-18-19(10-14)22-11-21-18/h4-10H,3,11H2,1-2H3. The Kier molecular flexibility index (Phi) is 3.00. The Bertz CT molecular complexity index is 871. The molecule has 0 amide bonds. The van der Waals surface area contributed by atoms with Gasteiger partial charge in [-0.2, -0.15) is 0 Å². The van der Waals surface area contributed by atoms with Gasteiger partial charge in [-0.25, -0.2) is 4.98 Å². The molecule has 3 nitrogen and oxygen atoms in total. The summed E-state index contributed by atoms with van der Waals surface area (Å²) in [5.74, 6) is 1.59. The van der Waals surface area contributed by atoms with Crippen molar-refractivity contribution in [2.24, 2.45) is 0 Å². The Balaban J connectivity index is 1.85. The van der Waals surface area contributed by atoms with E-state index in [2.05, 4.69) is 38.1 Å². The Morgan fingerprint density at radius 3 is 2.73 bits per heavy atom. The summed E-state index contributed by atoms with van der Waals surface area (Å²) >= 11 is 0. The van der Waals surface area contributed by atoms with Gasteiger partial charge in [-0.3, -0.25) is 0 Å². The predicted molar refractivity (Wildman–Crippen MR) is 87.4 cm³/mol. The highest BCUT2D eigenvalue weighted by molar-refractivity contribution is 5.85. The van der Waals surface area contributed by atoms with E-state index in [-0.39, 0.29) is 0 Å². The van der Waals surface area contributed by atoms with Gasteiger partial charge in [-0.1, -0.05) is 19.1 Å². The second kappa shape index (κ2) is 5.02. The van der Waals surface area contributed by atoms with Crippen molar-refractivity contribution in [1.82, 2.24) is 4.98 Å². The van der Waals surface area contributed by atoms with Crippen LogP contribution in [-0.4, -0.2) is 11.8 Å². The lowest BCUT2D eigenvalue weighted by molar-refractivity contribution is 0.174. The maximum Gasteiger partial charge on any atom is 0.231 e. The number of hydrogen-bond donors (Lipinski definition) is 0. The maximum atomic E-state index is 5.45. The summed E-state index contributed by atoms with van der Waals surface area (Å²) in [7, 11) is 0. The van der Waals surface area contributed by atoms with Crippen LogP contribution in [0.1, 0.15) is 18.1 Å². The lowest BCUT2D eigenvalue weighted by Gasteiger charge is -2.08. The van der Waals surface area contributed by atoms with Gasteiger partial charge in [-0.05, 0) is 54.8 Å². The van der Waals surface area contributed by atoms with Gasteiger partial charge >= 0.3 is 0 Å². The van der Waals surface area contributed by atoms with E-state index in [0.29, 0.717) is 6.79 Å². The molecule has 0 bridgehead atoms. The van der Waals surface area contributed by atoms with Gasteiger partial charge in [0.15, 0.2) is 11.5 Å². The molecule has 0 unspecified atom stereocenters. The predicted octanol–water partition coefficient (Wildman–Crippen LogP) is 4.50. The minimum absolute atomic E-state index is 0.295. The number of rotatable bonds is 2. The molecule has 4 rings (SSSR count). The lowest BCUT2D eigenvalue weighted by atomic mass is 10.0. The smallest absolute Gasteiger partial charge is 0.231 e. The first-order chi connectivity index (χ1) is 10.7. The molecule has 2 heterocycles. The maximum absolute atomic E-state index is 5.45. The van der Waals surface area contributed by atoms with Crippen molar-refractivity contribution in [3.05, 3.63) is 53.6 Å². The van der Waals surface area contributed by atoms with Gasteiger partial charge < -0.3 is 9.47 Å². The molecule has 0 saturated carbocycles. The number of aryl methyl sites for hydroxylation is 2. The molecule has 2 aromatic carbocycles. The molecule has 1 aliphatic rings. The summed E-state index contributed by atoms with van der Waals surface area (Å²) in [6.07, 6.45) is 1.02. The topological polar surface area (TPSA) is 31.4 Å². The molecular weight excluding hydrogens is 274 g/mol. The Morgan fingerprint density at radius 2 is 1.86 bits per heavy atom. The minimum atomic E-state index is 0.295. The van der Waals surface area contributed by atoms with Gasteiger partial charge in [-0.15, -0.1) is 0 Å². The average Bonchev–Trinajstić information content (AvgIpc) is 3.01. The second-order valence-corrected chi connectivity index (χ2v) is 5.60. The molecule has 0 fully saturated rings. The molecule has 1 aromatic heterocycles. The molecule has 0 saturated heterocycles. The zero-order chi connectivity index (χ0) is 15.1. The molecule has 0 aliphatic carbocycles. The van der Waals surface area contributed by atoms with Gasteiger partial charge in [0.25, 0.3) is 0 Å². The van der Waals surface area contributed by atoms with Crippen LogP contribution in [0.4, 0.5) is 0 Å². The summed E-state index contributed by atoms with van der Waals surface area (Å²) in [6.45, 7) is 4.61. The zero-order valence-electron chi connectivity index (χ0n) is 12.7. The van der Waals surface area contributed by atoms with E-state index in [1.165, 1.54) is 16.5 Å². The second-order valence-electron chi connectivity index (χ2n) is 5.60. The SMILES string of the molecule is CCc1cc(C)c2ccc(-c3ccc4c(c3)OCO4)nc2c1. The van der Waals surface area contributed by atoms with Crippen LogP contribution in [0.3, 0.4) is 0 Å². The highest BCUT2D eigenvalue weighted by Gasteiger charge is 2.14. The Morgan fingerprint density at radius 1 is 1.00 bits per heavy atom. The average molecular weight is 291 g/mol. The van der Waals surface area contributed by atoms with Crippen LogP contribution in [0.2, 0.25) is 0 Å². The summed E-state index contributed by atoms with van der Waals surface area (Å²) in [5.41, 5.74) is 5.65. The third-order valence-electron chi connectivity index (χ3n) is 4.15. The first kappa shape index (κ1) is 13.1. The van der Waals surface area contributed by atoms with Crippen molar-refractivity contribution in [3.63, 3.8) is 0 Å². The number of pyridine rings is 1. The van der Waals surface area contributed by atoms with E-state index in [1.54, 1.807) is 0 Å². The number of benzene rings is 2. The van der Waals surface area contributed by atoms with Crippen LogP contribution in [0.5, 0.6) is 11.5 Å². The fourth-order valence-electron chi connectivity index (χ4n) is 2.91. The quantitative estimate of drug-likeness (QED) is 0.696.